The molecule has 5 nitrogen and oxygen atoms in total. The third-order valence-corrected chi connectivity index (χ3v) is 4.21. The number of piperidine rings is 1. The van der Waals surface area contributed by atoms with Gasteiger partial charge in [0.05, 0.1) is 12.8 Å². The van der Waals surface area contributed by atoms with Gasteiger partial charge in [0.25, 0.3) is 0 Å². The molecule has 1 aromatic rings. The Kier molecular flexibility index (Phi) is 6.28. The molecule has 5 heteroatoms. The number of hydrogen-bond donors (Lipinski definition) is 2. The standard InChI is InChI=1S/C18H29N3O2/c1-13-9-14(2)11-21(10-13)12-15(3)19-18(22)20-16-7-5-6-8-17(16)23-4/h5-8,13-15H,9-12H2,1-4H3,(H2,19,20,22)/t13-,14+,15-/m0/s1. The van der Waals surface area contributed by atoms with Crippen LogP contribution < -0.4 is 15.4 Å². The van der Waals surface area contributed by atoms with Crippen molar-refractivity contribution in [2.45, 2.75) is 33.2 Å². The summed E-state index contributed by atoms with van der Waals surface area (Å²) in [5.74, 6) is 2.12. The summed E-state index contributed by atoms with van der Waals surface area (Å²) in [6.07, 6.45) is 1.30. The number of para-hydroxylation sites is 2. The third kappa shape index (κ3) is 5.43. The van der Waals surface area contributed by atoms with Crippen molar-refractivity contribution in [2.75, 3.05) is 32.1 Å². The highest BCUT2D eigenvalue weighted by Crippen LogP contribution is 2.23. The van der Waals surface area contributed by atoms with E-state index in [1.54, 1.807) is 7.11 Å². The van der Waals surface area contributed by atoms with Gasteiger partial charge in [-0.3, -0.25) is 0 Å². The van der Waals surface area contributed by atoms with E-state index < -0.39 is 0 Å². The predicted molar refractivity (Wildman–Crippen MR) is 94.0 cm³/mol. The highest BCUT2D eigenvalue weighted by Gasteiger charge is 2.23. The lowest BCUT2D eigenvalue weighted by molar-refractivity contribution is 0.132. The highest BCUT2D eigenvalue weighted by molar-refractivity contribution is 5.91. The number of methoxy groups -OCH3 is 1. The molecule has 2 rings (SSSR count). The number of nitrogens with zero attached hydrogens (tertiary/aromatic N) is 1. The summed E-state index contributed by atoms with van der Waals surface area (Å²) in [7, 11) is 1.60. The molecule has 128 valence electrons. The Bertz CT molecular complexity index is 511. The van der Waals surface area contributed by atoms with Crippen molar-refractivity contribution in [1.29, 1.82) is 0 Å². The molecule has 2 amide bonds. The first-order chi connectivity index (χ1) is 11.0. The van der Waals surface area contributed by atoms with Crippen molar-refractivity contribution >= 4 is 11.7 Å². The number of ether oxygens (including phenoxy) is 1. The first-order valence-corrected chi connectivity index (χ1v) is 8.40. The number of likely N-dealkylation sites (tertiary alicyclic amines) is 1. The van der Waals surface area contributed by atoms with Crippen LogP contribution in [-0.4, -0.2) is 43.7 Å². The highest BCUT2D eigenvalue weighted by atomic mass is 16.5. The van der Waals surface area contributed by atoms with Crippen molar-refractivity contribution in [3.8, 4) is 5.75 Å². The number of hydrogen-bond acceptors (Lipinski definition) is 3. The summed E-state index contributed by atoms with van der Waals surface area (Å²) >= 11 is 0. The summed E-state index contributed by atoms with van der Waals surface area (Å²) in [5, 5.41) is 5.86. The maximum absolute atomic E-state index is 12.2. The number of carbonyl (C=O) groups is 1. The Labute approximate surface area is 139 Å². The van der Waals surface area contributed by atoms with Crippen molar-refractivity contribution in [3.05, 3.63) is 24.3 Å². The molecule has 1 aliphatic rings. The van der Waals surface area contributed by atoms with Crippen LogP contribution in [0.1, 0.15) is 27.2 Å². The van der Waals surface area contributed by atoms with Gasteiger partial charge in [-0.2, -0.15) is 0 Å². The minimum absolute atomic E-state index is 0.0993. The Balaban J connectivity index is 1.82. The van der Waals surface area contributed by atoms with E-state index in [2.05, 4.69) is 29.4 Å². The van der Waals surface area contributed by atoms with Gasteiger partial charge in [0.1, 0.15) is 5.75 Å². The third-order valence-electron chi connectivity index (χ3n) is 4.21. The number of urea groups is 1. The van der Waals surface area contributed by atoms with E-state index in [1.165, 1.54) is 6.42 Å². The summed E-state index contributed by atoms with van der Waals surface area (Å²) in [6.45, 7) is 9.76. The molecule has 0 spiro atoms. The summed E-state index contributed by atoms with van der Waals surface area (Å²) in [5.41, 5.74) is 0.680. The van der Waals surface area contributed by atoms with Gasteiger partial charge in [-0.1, -0.05) is 26.0 Å². The second-order valence-corrected chi connectivity index (χ2v) is 6.86. The first kappa shape index (κ1) is 17.6. The van der Waals surface area contributed by atoms with Crippen molar-refractivity contribution < 1.29 is 9.53 Å². The van der Waals surface area contributed by atoms with Gasteiger partial charge >= 0.3 is 6.03 Å². The zero-order chi connectivity index (χ0) is 16.8. The van der Waals surface area contributed by atoms with Crippen LogP contribution in [-0.2, 0) is 0 Å². The van der Waals surface area contributed by atoms with E-state index in [1.807, 2.05) is 31.2 Å². The summed E-state index contributed by atoms with van der Waals surface area (Å²) < 4.78 is 5.25. The molecule has 23 heavy (non-hydrogen) atoms. The molecule has 0 unspecified atom stereocenters. The molecule has 0 aromatic heterocycles. The fraction of sp³-hybridized carbons (Fsp3) is 0.611. The number of rotatable bonds is 5. The average Bonchev–Trinajstić information content (AvgIpc) is 2.46. The van der Waals surface area contributed by atoms with Crippen molar-refractivity contribution in [2.24, 2.45) is 11.8 Å². The van der Waals surface area contributed by atoms with Crippen molar-refractivity contribution in [1.82, 2.24) is 10.2 Å². The lowest BCUT2D eigenvalue weighted by atomic mass is 9.92. The molecular formula is C18H29N3O2. The largest absolute Gasteiger partial charge is 0.495 e. The topological polar surface area (TPSA) is 53.6 Å². The maximum atomic E-state index is 12.2. The van der Waals surface area contributed by atoms with Gasteiger partial charge in [-0.05, 0) is 37.3 Å². The molecule has 1 fully saturated rings. The Hall–Kier alpha value is -1.75. The van der Waals surface area contributed by atoms with Gasteiger partial charge in [0.2, 0.25) is 0 Å². The lowest BCUT2D eigenvalue weighted by Crippen LogP contribution is -2.47. The summed E-state index contributed by atoms with van der Waals surface area (Å²) in [4.78, 5) is 14.6. The molecule has 0 radical (unpaired) electrons. The fourth-order valence-electron chi connectivity index (χ4n) is 3.50. The van der Waals surface area contributed by atoms with E-state index in [0.29, 0.717) is 11.4 Å². The molecule has 0 bridgehead atoms. The SMILES string of the molecule is COc1ccccc1NC(=O)N[C@@H](C)CN1C[C@H](C)C[C@H](C)C1. The van der Waals surface area contributed by atoms with E-state index in [-0.39, 0.29) is 12.1 Å². The van der Waals surface area contributed by atoms with Crippen LogP contribution in [0.5, 0.6) is 5.75 Å². The molecule has 1 saturated heterocycles. The summed E-state index contributed by atoms with van der Waals surface area (Å²) in [6, 6.07) is 7.32. The Morgan fingerprint density at radius 3 is 2.61 bits per heavy atom. The van der Waals surface area contributed by atoms with Crippen LogP contribution >= 0.6 is 0 Å². The number of anilines is 1. The quantitative estimate of drug-likeness (QED) is 0.876. The second-order valence-electron chi connectivity index (χ2n) is 6.86. The van der Waals surface area contributed by atoms with E-state index in [9.17, 15) is 4.79 Å². The number of carbonyl (C=O) groups excluding carboxylic acids is 1. The fourth-order valence-corrected chi connectivity index (χ4v) is 3.50. The van der Waals surface area contributed by atoms with Gasteiger partial charge in [0.15, 0.2) is 0 Å². The number of amides is 2. The van der Waals surface area contributed by atoms with Crippen molar-refractivity contribution in [3.63, 3.8) is 0 Å². The molecule has 0 aliphatic carbocycles. The zero-order valence-electron chi connectivity index (χ0n) is 14.6. The van der Waals surface area contributed by atoms with Crippen LogP contribution in [0.15, 0.2) is 24.3 Å². The minimum Gasteiger partial charge on any atom is -0.495 e. The van der Waals surface area contributed by atoms with Crippen LogP contribution in [0.4, 0.5) is 10.5 Å². The molecule has 1 aromatic carbocycles. The molecule has 1 heterocycles. The van der Waals surface area contributed by atoms with Crippen LogP contribution in [0.3, 0.4) is 0 Å². The van der Waals surface area contributed by atoms with Crippen LogP contribution in [0.2, 0.25) is 0 Å². The Morgan fingerprint density at radius 1 is 1.30 bits per heavy atom. The van der Waals surface area contributed by atoms with Crippen LogP contribution in [0, 0.1) is 11.8 Å². The second kappa shape index (κ2) is 8.20. The lowest BCUT2D eigenvalue weighted by Gasteiger charge is -2.36. The molecule has 3 atom stereocenters. The first-order valence-electron chi connectivity index (χ1n) is 8.40. The number of nitrogens with one attached hydrogen (secondary N) is 2. The van der Waals surface area contributed by atoms with E-state index >= 15 is 0 Å². The zero-order valence-corrected chi connectivity index (χ0v) is 14.6. The molecular weight excluding hydrogens is 290 g/mol. The van der Waals surface area contributed by atoms with Gasteiger partial charge < -0.3 is 20.3 Å². The average molecular weight is 319 g/mol. The normalized spacial score (nSPS) is 23.1. The van der Waals surface area contributed by atoms with E-state index in [4.69, 9.17) is 4.74 Å². The van der Waals surface area contributed by atoms with E-state index in [0.717, 1.165) is 31.5 Å². The minimum atomic E-state index is -0.194. The van der Waals surface area contributed by atoms with Gasteiger partial charge in [-0.25, -0.2) is 4.79 Å². The predicted octanol–water partition coefficient (Wildman–Crippen LogP) is 3.18. The molecule has 2 N–H and O–H groups in total. The molecule has 1 aliphatic heterocycles. The maximum Gasteiger partial charge on any atom is 0.319 e. The smallest absolute Gasteiger partial charge is 0.319 e. The van der Waals surface area contributed by atoms with Gasteiger partial charge in [-0.15, -0.1) is 0 Å². The monoisotopic (exact) mass is 319 g/mol. The number of benzene rings is 1. The molecule has 0 saturated carbocycles. The van der Waals surface area contributed by atoms with Gasteiger partial charge in [0, 0.05) is 25.7 Å². The van der Waals surface area contributed by atoms with Crippen LogP contribution in [0.25, 0.3) is 0 Å². The Morgan fingerprint density at radius 2 is 1.96 bits per heavy atom.